The first-order valence-electron chi connectivity index (χ1n) is 4.35. The van der Waals surface area contributed by atoms with Gasteiger partial charge in [0.1, 0.15) is 5.52 Å². The second-order valence-electron chi connectivity index (χ2n) is 3.01. The van der Waals surface area contributed by atoms with Gasteiger partial charge in [0.15, 0.2) is 0 Å². The molecule has 5 nitrogen and oxygen atoms in total. The number of esters is 1. The molecule has 0 aliphatic heterocycles. The van der Waals surface area contributed by atoms with E-state index in [0.29, 0.717) is 4.68 Å². The van der Waals surface area contributed by atoms with Gasteiger partial charge in [-0.2, -0.15) is 13.5 Å². The first-order valence-corrected chi connectivity index (χ1v) is 4.35. The minimum atomic E-state index is -2.76. The Hall–Kier alpha value is -2.05. The molecular weight excluding hydrogens is 220 g/mol. The highest BCUT2D eigenvalue weighted by atomic mass is 19.3. The number of halogens is 2. The van der Waals surface area contributed by atoms with E-state index in [1.54, 1.807) is 0 Å². The van der Waals surface area contributed by atoms with Crippen molar-refractivity contribution in [3.63, 3.8) is 0 Å². The van der Waals surface area contributed by atoms with Gasteiger partial charge < -0.3 is 4.74 Å². The summed E-state index contributed by atoms with van der Waals surface area (Å²) < 4.78 is 29.8. The van der Waals surface area contributed by atoms with Crippen molar-refractivity contribution in [2.75, 3.05) is 7.11 Å². The number of benzene rings is 1. The fraction of sp³-hybridized carbons (Fsp3) is 0.222. The Morgan fingerprint density at radius 2 is 2.25 bits per heavy atom. The van der Waals surface area contributed by atoms with Crippen LogP contribution in [0.1, 0.15) is 16.9 Å². The van der Waals surface area contributed by atoms with Gasteiger partial charge in [0.25, 0.3) is 0 Å². The van der Waals surface area contributed by atoms with Gasteiger partial charge in [-0.25, -0.2) is 4.79 Å². The molecule has 7 heteroatoms. The Kier molecular flexibility index (Phi) is 2.51. The number of hydrogen-bond acceptors (Lipinski definition) is 4. The zero-order chi connectivity index (χ0) is 11.7. The first kappa shape index (κ1) is 10.5. The van der Waals surface area contributed by atoms with Gasteiger partial charge in [-0.05, 0) is 18.2 Å². The Bertz CT molecular complexity index is 539. The van der Waals surface area contributed by atoms with Crippen molar-refractivity contribution in [3.8, 4) is 0 Å². The smallest absolute Gasteiger partial charge is 0.337 e. The van der Waals surface area contributed by atoms with Crippen LogP contribution in [0.4, 0.5) is 8.78 Å². The average Bonchev–Trinajstić information content (AvgIpc) is 2.70. The molecule has 1 heterocycles. The van der Waals surface area contributed by atoms with E-state index in [1.165, 1.54) is 25.3 Å². The molecule has 0 atom stereocenters. The summed E-state index contributed by atoms with van der Waals surface area (Å²) >= 11 is 0. The van der Waals surface area contributed by atoms with Crippen molar-refractivity contribution in [2.45, 2.75) is 6.55 Å². The molecule has 0 aliphatic carbocycles. The van der Waals surface area contributed by atoms with Crippen LogP contribution in [0, 0.1) is 0 Å². The third-order valence-corrected chi connectivity index (χ3v) is 2.08. The van der Waals surface area contributed by atoms with Crippen molar-refractivity contribution in [1.29, 1.82) is 0 Å². The van der Waals surface area contributed by atoms with Gasteiger partial charge in [0.05, 0.1) is 18.2 Å². The molecule has 0 aliphatic rings. The lowest BCUT2D eigenvalue weighted by Gasteiger charge is -2.00. The molecule has 1 aromatic heterocycles. The van der Waals surface area contributed by atoms with E-state index in [4.69, 9.17) is 0 Å². The number of aromatic nitrogens is 3. The number of methoxy groups -OCH3 is 1. The lowest BCUT2D eigenvalue weighted by molar-refractivity contribution is 0.0592. The van der Waals surface area contributed by atoms with E-state index in [-0.39, 0.29) is 16.6 Å². The third-order valence-electron chi connectivity index (χ3n) is 2.08. The van der Waals surface area contributed by atoms with Gasteiger partial charge in [-0.15, -0.1) is 5.10 Å². The number of carbonyl (C=O) groups is 1. The molecule has 0 fully saturated rings. The van der Waals surface area contributed by atoms with Crippen LogP contribution in [0.25, 0.3) is 11.0 Å². The van der Waals surface area contributed by atoms with Crippen LogP contribution in [-0.4, -0.2) is 28.1 Å². The van der Waals surface area contributed by atoms with Gasteiger partial charge in [-0.1, -0.05) is 5.21 Å². The standard InChI is InChI=1S/C9H7F2N3O2/c1-16-8(15)5-2-3-7-6(4-5)12-13-14(7)9(10)11/h2-4,9H,1H3. The van der Waals surface area contributed by atoms with E-state index in [0.717, 1.165) is 0 Å². The van der Waals surface area contributed by atoms with Crippen LogP contribution in [-0.2, 0) is 4.74 Å². The van der Waals surface area contributed by atoms with Crippen LogP contribution in [0.5, 0.6) is 0 Å². The summed E-state index contributed by atoms with van der Waals surface area (Å²) in [4.78, 5) is 11.2. The van der Waals surface area contributed by atoms with Gasteiger partial charge in [0, 0.05) is 0 Å². The van der Waals surface area contributed by atoms with E-state index in [9.17, 15) is 13.6 Å². The summed E-state index contributed by atoms with van der Waals surface area (Å²) in [5.41, 5.74) is 0.641. The molecule has 0 radical (unpaired) electrons. The summed E-state index contributed by atoms with van der Waals surface area (Å²) in [7, 11) is 1.24. The van der Waals surface area contributed by atoms with Crippen molar-refractivity contribution in [1.82, 2.24) is 15.0 Å². The summed E-state index contributed by atoms with van der Waals surface area (Å²) in [6, 6.07) is 4.09. The maximum absolute atomic E-state index is 12.4. The van der Waals surface area contributed by atoms with Crippen LogP contribution in [0.2, 0.25) is 0 Å². The molecule has 16 heavy (non-hydrogen) atoms. The monoisotopic (exact) mass is 227 g/mol. The van der Waals surface area contributed by atoms with E-state index < -0.39 is 12.5 Å². The van der Waals surface area contributed by atoms with E-state index in [1.807, 2.05) is 0 Å². The number of ether oxygens (including phenoxy) is 1. The van der Waals surface area contributed by atoms with Gasteiger partial charge >= 0.3 is 12.5 Å². The lowest BCUT2D eigenvalue weighted by Crippen LogP contribution is -2.02. The fourth-order valence-electron chi connectivity index (χ4n) is 1.33. The Balaban J connectivity index is 2.53. The maximum atomic E-state index is 12.4. The predicted octanol–water partition coefficient (Wildman–Crippen LogP) is 1.61. The molecule has 0 spiro atoms. The maximum Gasteiger partial charge on any atom is 0.337 e. The first-order chi connectivity index (χ1) is 7.63. The second-order valence-corrected chi connectivity index (χ2v) is 3.01. The predicted molar refractivity (Wildman–Crippen MR) is 50.1 cm³/mol. The number of carbonyl (C=O) groups excluding carboxylic acids is 1. The number of nitrogens with zero attached hydrogens (tertiary/aromatic N) is 3. The van der Waals surface area contributed by atoms with Crippen LogP contribution < -0.4 is 0 Å². The van der Waals surface area contributed by atoms with Crippen LogP contribution in [0.3, 0.4) is 0 Å². The molecule has 0 N–H and O–H groups in total. The molecule has 1 aromatic carbocycles. The van der Waals surface area contributed by atoms with Gasteiger partial charge in [0.2, 0.25) is 0 Å². The summed E-state index contributed by atoms with van der Waals surface area (Å²) in [5, 5.41) is 6.83. The fourth-order valence-corrected chi connectivity index (χ4v) is 1.33. The number of rotatable bonds is 2. The van der Waals surface area contributed by atoms with Crippen LogP contribution >= 0.6 is 0 Å². The molecule has 2 rings (SSSR count). The zero-order valence-corrected chi connectivity index (χ0v) is 8.22. The highest BCUT2D eigenvalue weighted by Crippen LogP contribution is 2.19. The molecule has 0 saturated carbocycles. The summed E-state index contributed by atoms with van der Waals surface area (Å²) in [6.07, 6.45) is 0. The molecule has 2 aromatic rings. The SMILES string of the molecule is COC(=O)c1ccc2c(c1)nnn2C(F)F. The number of alkyl halides is 2. The van der Waals surface area contributed by atoms with E-state index in [2.05, 4.69) is 15.0 Å². The molecule has 0 saturated heterocycles. The summed E-state index contributed by atoms with van der Waals surface area (Å²) in [5.74, 6) is -0.548. The third kappa shape index (κ3) is 1.60. The van der Waals surface area contributed by atoms with Gasteiger partial charge in [-0.3, -0.25) is 0 Å². The molecule has 84 valence electrons. The Labute approximate surface area is 88.6 Å². The minimum Gasteiger partial charge on any atom is -0.465 e. The lowest BCUT2D eigenvalue weighted by atomic mass is 10.2. The zero-order valence-electron chi connectivity index (χ0n) is 8.22. The number of fused-ring (bicyclic) bond motifs is 1. The van der Waals surface area contributed by atoms with E-state index >= 15 is 0 Å². The molecule has 0 amide bonds. The van der Waals surface area contributed by atoms with Crippen molar-refractivity contribution >= 4 is 17.0 Å². The second kappa shape index (κ2) is 3.84. The Morgan fingerprint density at radius 1 is 1.50 bits per heavy atom. The van der Waals surface area contributed by atoms with Crippen molar-refractivity contribution in [2.24, 2.45) is 0 Å². The minimum absolute atomic E-state index is 0.169. The summed E-state index contributed by atoms with van der Waals surface area (Å²) in [6.45, 7) is -2.76. The normalized spacial score (nSPS) is 11.0. The number of hydrogen-bond donors (Lipinski definition) is 0. The molecule has 0 bridgehead atoms. The highest BCUT2D eigenvalue weighted by molar-refractivity contribution is 5.93. The molecule has 0 unspecified atom stereocenters. The van der Waals surface area contributed by atoms with Crippen molar-refractivity contribution < 1.29 is 18.3 Å². The average molecular weight is 227 g/mol. The topological polar surface area (TPSA) is 57.0 Å². The Morgan fingerprint density at radius 3 is 2.88 bits per heavy atom. The largest absolute Gasteiger partial charge is 0.465 e. The molecular formula is C9H7F2N3O2. The van der Waals surface area contributed by atoms with Crippen LogP contribution in [0.15, 0.2) is 18.2 Å². The van der Waals surface area contributed by atoms with Crippen molar-refractivity contribution in [3.05, 3.63) is 23.8 Å². The quantitative estimate of drug-likeness (QED) is 0.731. The highest BCUT2D eigenvalue weighted by Gasteiger charge is 2.14.